The normalized spacial score (nSPS) is 10.7. The lowest BCUT2D eigenvalue weighted by Gasteiger charge is -2.09. The highest BCUT2D eigenvalue weighted by atomic mass is 16.5. The molecule has 6 nitrogen and oxygen atoms in total. The summed E-state index contributed by atoms with van der Waals surface area (Å²) in [5, 5.41) is 17.0. The molecule has 0 saturated carbocycles. The summed E-state index contributed by atoms with van der Waals surface area (Å²) in [6, 6.07) is 7.19. The molecule has 6 heteroatoms. The van der Waals surface area contributed by atoms with Crippen LogP contribution in [0.15, 0.2) is 36.8 Å². The predicted octanol–water partition coefficient (Wildman–Crippen LogP) is 2.50. The molecule has 0 atom stereocenters. The van der Waals surface area contributed by atoms with Crippen molar-refractivity contribution in [1.82, 2.24) is 14.6 Å². The van der Waals surface area contributed by atoms with E-state index in [0.29, 0.717) is 11.6 Å². The van der Waals surface area contributed by atoms with Gasteiger partial charge in [-0.3, -0.25) is 0 Å². The van der Waals surface area contributed by atoms with Crippen LogP contribution < -0.4 is 10.1 Å². The Labute approximate surface area is 115 Å². The van der Waals surface area contributed by atoms with Gasteiger partial charge in [0.05, 0.1) is 7.11 Å². The molecule has 20 heavy (non-hydrogen) atoms. The number of benzene rings is 1. The average Bonchev–Trinajstić information content (AvgIpc) is 2.87. The van der Waals surface area contributed by atoms with Crippen LogP contribution in [0, 0.1) is 6.92 Å². The fraction of sp³-hybridized carbons (Fsp3) is 0.143. The Morgan fingerprint density at radius 3 is 2.90 bits per heavy atom. The van der Waals surface area contributed by atoms with Gasteiger partial charge < -0.3 is 15.2 Å². The Morgan fingerprint density at radius 1 is 1.30 bits per heavy atom. The van der Waals surface area contributed by atoms with Crippen molar-refractivity contribution < 1.29 is 9.84 Å². The third-order valence-corrected chi connectivity index (χ3v) is 3.11. The van der Waals surface area contributed by atoms with E-state index in [1.807, 2.05) is 25.1 Å². The van der Waals surface area contributed by atoms with Crippen LogP contribution in [0.25, 0.3) is 5.52 Å². The van der Waals surface area contributed by atoms with Gasteiger partial charge in [-0.2, -0.15) is 5.10 Å². The zero-order valence-electron chi connectivity index (χ0n) is 11.2. The first-order valence-electron chi connectivity index (χ1n) is 6.12. The first-order chi connectivity index (χ1) is 9.69. The molecule has 1 aromatic carbocycles. The summed E-state index contributed by atoms with van der Waals surface area (Å²) < 4.78 is 6.98. The lowest BCUT2D eigenvalue weighted by molar-refractivity contribution is 0.420. The second-order valence-electron chi connectivity index (χ2n) is 4.41. The summed E-state index contributed by atoms with van der Waals surface area (Å²) in [6.07, 6.45) is 3.26. The molecule has 3 aromatic rings. The molecule has 0 radical (unpaired) electrons. The number of aromatic nitrogens is 3. The quantitative estimate of drug-likeness (QED) is 0.765. The Morgan fingerprint density at radius 2 is 2.15 bits per heavy atom. The highest BCUT2D eigenvalue weighted by Crippen LogP contribution is 2.29. The minimum Gasteiger partial charge on any atom is -0.508 e. The summed E-state index contributed by atoms with van der Waals surface area (Å²) in [5.74, 6) is 1.54. The molecular weight excluding hydrogens is 256 g/mol. The first-order valence-corrected chi connectivity index (χ1v) is 6.12. The number of aryl methyl sites for hydroxylation is 1. The predicted molar refractivity (Wildman–Crippen MR) is 75.7 cm³/mol. The second kappa shape index (κ2) is 4.73. The van der Waals surface area contributed by atoms with E-state index in [2.05, 4.69) is 15.4 Å². The molecule has 102 valence electrons. The fourth-order valence-electron chi connectivity index (χ4n) is 2.01. The Balaban J connectivity index is 2.05. The van der Waals surface area contributed by atoms with Crippen LogP contribution in [0.3, 0.4) is 0 Å². The van der Waals surface area contributed by atoms with Crippen molar-refractivity contribution >= 4 is 17.0 Å². The first kappa shape index (κ1) is 12.3. The topological polar surface area (TPSA) is 71.7 Å². The van der Waals surface area contributed by atoms with Gasteiger partial charge in [-0.1, -0.05) is 6.07 Å². The largest absolute Gasteiger partial charge is 0.508 e. The SMILES string of the molecule is COc1ccn2ncnc(Nc3ccc(C)c(O)c3)c12. The molecule has 0 aliphatic heterocycles. The van der Waals surface area contributed by atoms with Crippen molar-refractivity contribution in [2.75, 3.05) is 12.4 Å². The van der Waals surface area contributed by atoms with Crippen LogP contribution in [0.4, 0.5) is 11.5 Å². The van der Waals surface area contributed by atoms with Crippen LogP contribution >= 0.6 is 0 Å². The van der Waals surface area contributed by atoms with Gasteiger partial charge in [0, 0.05) is 24.0 Å². The van der Waals surface area contributed by atoms with E-state index in [4.69, 9.17) is 4.74 Å². The van der Waals surface area contributed by atoms with Crippen LogP contribution in [0.5, 0.6) is 11.5 Å². The van der Waals surface area contributed by atoms with Gasteiger partial charge in [0.25, 0.3) is 0 Å². The average molecular weight is 270 g/mol. The van der Waals surface area contributed by atoms with Crippen molar-refractivity contribution in [3.05, 3.63) is 42.4 Å². The van der Waals surface area contributed by atoms with E-state index in [9.17, 15) is 5.11 Å². The van der Waals surface area contributed by atoms with Gasteiger partial charge in [-0.25, -0.2) is 9.50 Å². The minimum atomic E-state index is 0.238. The van der Waals surface area contributed by atoms with Crippen molar-refractivity contribution in [3.63, 3.8) is 0 Å². The number of phenolic OH excluding ortho intramolecular Hbond substituents is 1. The Bertz CT molecular complexity index is 767. The zero-order valence-corrected chi connectivity index (χ0v) is 11.2. The molecule has 0 amide bonds. The van der Waals surface area contributed by atoms with Gasteiger partial charge in [0.1, 0.15) is 23.3 Å². The molecule has 2 aromatic heterocycles. The number of hydrogen-bond donors (Lipinski definition) is 2. The van der Waals surface area contributed by atoms with Crippen LogP contribution in [0.1, 0.15) is 5.56 Å². The van der Waals surface area contributed by atoms with Gasteiger partial charge in [-0.15, -0.1) is 0 Å². The molecule has 0 aliphatic carbocycles. The summed E-state index contributed by atoms with van der Waals surface area (Å²) in [5.41, 5.74) is 2.32. The van der Waals surface area contributed by atoms with Gasteiger partial charge >= 0.3 is 0 Å². The van der Waals surface area contributed by atoms with E-state index in [1.54, 1.807) is 23.9 Å². The van der Waals surface area contributed by atoms with Gasteiger partial charge in [0.15, 0.2) is 5.82 Å². The lowest BCUT2D eigenvalue weighted by atomic mass is 10.2. The molecule has 0 aliphatic rings. The van der Waals surface area contributed by atoms with Crippen LogP contribution in [-0.2, 0) is 0 Å². The second-order valence-corrected chi connectivity index (χ2v) is 4.41. The van der Waals surface area contributed by atoms with E-state index in [0.717, 1.165) is 16.8 Å². The third kappa shape index (κ3) is 2.01. The number of phenols is 1. The molecule has 2 heterocycles. The maximum Gasteiger partial charge on any atom is 0.162 e. The van der Waals surface area contributed by atoms with E-state index < -0.39 is 0 Å². The van der Waals surface area contributed by atoms with Crippen molar-refractivity contribution in [2.45, 2.75) is 6.92 Å². The monoisotopic (exact) mass is 270 g/mol. The minimum absolute atomic E-state index is 0.238. The van der Waals surface area contributed by atoms with Crippen LogP contribution in [0.2, 0.25) is 0 Å². The molecule has 0 saturated heterocycles. The van der Waals surface area contributed by atoms with Crippen molar-refractivity contribution in [3.8, 4) is 11.5 Å². The molecular formula is C14H14N4O2. The maximum absolute atomic E-state index is 9.75. The molecule has 2 N–H and O–H groups in total. The summed E-state index contributed by atoms with van der Waals surface area (Å²) >= 11 is 0. The third-order valence-electron chi connectivity index (χ3n) is 3.11. The molecule has 0 fully saturated rings. The smallest absolute Gasteiger partial charge is 0.162 e. The zero-order chi connectivity index (χ0) is 14.1. The van der Waals surface area contributed by atoms with E-state index in [-0.39, 0.29) is 5.75 Å². The molecule has 3 rings (SSSR count). The number of rotatable bonds is 3. The fourth-order valence-corrected chi connectivity index (χ4v) is 2.01. The number of nitrogens with one attached hydrogen (secondary N) is 1. The lowest BCUT2D eigenvalue weighted by Crippen LogP contribution is -2.00. The number of nitrogens with zero attached hydrogens (tertiary/aromatic N) is 3. The number of anilines is 2. The molecule has 0 spiro atoms. The van der Waals surface area contributed by atoms with Crippen molar-refractivity contribution in [2.24, 2.45) is 0 Å². The summed E-state index contributed by atoms with van der Waals surface area (Å²) in [6.45, 7) is 1.85. The summed E-state index contributed by atoms with van der Waals surface area (Å²) in [4.78, 5) is 4.23. The number of aromatic hydroxyl groups is 1. The standard InChI is InChI=1S/C14H14N4O2/c1-9-3-4-10(7-11(9)19)17-14-13-12(20-2)5-6-18(13)16-8-15-14/h3-8,19H,1-2H3,(H,15,16,17). The Hall–Kier alpha value is -2.76. The van der Waals surface area contributed by atoms with E-state index in [1.165, 1.54) is 6.33 Å². The number of methoxy groups -OCH3 is 1. The number of fused-ring (bicyclic) bond motifs is 1. The van der Waals surface area contributed by atoms with Gasteiger partial charge in [-0.05, 0) is 18.6 Å². The molecule has 0 bridgehead atoms. The number of hydrogen-bond acceptors (Lipinski definition) is 5. The molecule has 0 unspecified atom stereocenters. The maximum atomic E-state index is 9.75. The highest BCUT2D eigenvalue weighted by Gasteiger charge is 2.11. The van der Waals surface area contributed by atoms with E-state index >= 15 is 0 Å². The van der Waals surface area contributed by atoms with Crippen molar-refractivity contribution in [1.29, 1.82) is 0 Å². The highest BCUT2D eigenvalue weighted by molar-refractivity contribution is 5.79. The summed E-state index contributed by atoms with van der Waals surface area (Å²) in [7, 11) is 1.60. The van der Waals surface area contributed by atoms with Crippen LogP contribution in [-0.4, -0.2) is 26.8 Å². The number of ether oxygens (including phenoxy) is 1. The Kier molecular flexibility index (Phi) is 2.90. The van der Waals surface area contributed by atoms with Gasteiger partial charge in [0.2, 0.25) is 0 Å².